The number of aliphatic carboxylic acids is 1. The van der Waals surface area contributed by atoms with Gasteiger partial charge in [0.15, 0.2) is 11.5 Å². The maximum absolute atomic E-state index is 12.4. The fraction of sp³-hybridized carbons (Fsp3) is 0.556. The van der Waals surface area contributed by atoms with Gasteiger partial charge in [-0.3, -0.25) is 9.59 Å². The first-order valence-electron chi connectivity index (χ1n) is 8.37. The van der Waals surface area contributed by atoms with Crippen LogP contribution in [-0.2, 0) is 16.1 Å². The van der Waals surface area contributed by atoms with Crippen molar-refractivity contribution in [3.8, 4) is 11.5 Å². The summed E-state index contributed by atoms with van der Waals surface area (Å²) in [6, 6.07) is 5.49. The van der Waals surface area contributed by atoms with Crippen molar-refractivity contribution in [2.45, 2.75) is 39.2 Å². The topological polar surface area (TPSA) is 84.9 Å². The van der Waals surface area contributed by atoms with Gasteiger partial charge in [0.2, 0.25) is 5.91 Å². The van der Waals surface area contributed by atoms with Crippen LogP contribution in [0.25, 0.3) is 0 Å². The molecule has 6 nitrogen and oxygen atoms in total. The standard InChI is InChI=1S/C18H25NO5/c1-3-24-15-9-8-12(10-16(15)23-2)11-19-17(20)13-6-4-5-7-14(13)18(21)22/h8-10,13-14H,3-7,11H2,1-2H3,(H,19,20)(H,21,22). The predicted molar refractivity (Wildman–Crippen MR) is 89.1 cm³/mol. The highest BCUT2D eigenvalue weighted by Gasteiger charge is 2.35. The molecule has 1 aromatic rings. The number of ether oxygens (including phenoxy) is 2. The number of nitrogens with one attached hydrogen (secondary N) is 1. The zero-order chi connectivity index (χ0) is 17.5. The van der Waals surface area contributed by atoms with E-state index in [1.165, 1.54) is 0 Å². The van der Waals surface area contributed by atoms with Crippen molar-refractivity contribution in [1.82, 2.24) is 5.32 Å². The van der Waals surface area contributed by atoms with E-state index >= 15 is 0 Å². The molecule has 132 valence electrons. The van der Waals surface area contributed by atoms with E-state index in [0.717, 1.165) is 18.4 Å². The first-order chi connectivity index (χ1) is 11.6. The smallest absolute Gasteiger partial charge is 0.307 e. The molecule has 0 saturated heterocycles. The molecule has 2 atom stereocenters. The van der Waals surface area contributed by atoms with Crippen LogP contribution >= 0.6 is 0 Å². The minimum absolute atomic E-state index is 0.185. The summed E-state index contributed by atoms with van der Waals surface area (Å²) in [6.45, 7) is 2.78. The van der Waals surface area contributed by atoms with E-state index in [9.17, 15) is 14.7 Å². The third-order valence-electron chi connectivity index (χ3n) is 4.41. The van der Waals surface area contributed by atoms with Gasteiger partial charge in [-0.2, -0.15) is 0 Å². The molecule has 1 saturated carbocycles. The van der Waals surface area contributed by atoms with Gasteiger partial charge in [0, 0.05) is 6.54 Å². The van der Waals surface area contributed by atoms with E-state index in [-0.39, 0.29) is 5.91 Å². The number of amides is 1. The molecule has 2 N–H and O–H groups in total. The average Bonchev–Trinajstić information content (AvgIpc) is 2.60. The fourth-order valence-electron chi connectivity index (χ4n) is 3.16. The number of carbonyl (C=O) groups is 2. The molecule has 0 spiro atoms. The second kappa shape index (κ2) is 8.57. The van der Waals surface area contributed by atoms with E-state index in [0.29, 0.717) is 37.5 Å². The molecule has 0 aliphatic heterocycles. The van der Waals surface area contributed by atoms with Crippen LogP contribution in [0.5, 0.6) is 11.5 Å². The Kier molecular flexibility index (Phi) is 6.46. The third-order valence-corrected chi connectivity index (χ3v) is 4.41. The minimum Gasteiger partial charge on any atom is -0.493 e. The molecule has 1 aliphatic rings. The summed E-state index contributed by atoms with van der Waals surface area (Å²) in [5, 5.41) is 12.1. The number of benzene rings is 1. The zero-order valence-corrected chi connectivity index (χ0v) is 14.2. The maximum Gasteiger partial charge on any atom is 0.307 e. The predicted octanol–water partition coefficient (Wildman–Crippen LogP) is 2.60. The lowest BCUT2D eigenvalue weighted by molar-refractivity contribution is -0.148. The second-order valence-electron chi connectivity index (χ2n) is 5.97. The van der Waals surface area contributed by atoms with E-state index in [2.05, 4.69) is 5.32 Å². The fourth-order valence-corrected chi connectivity index (χ4v) is 3.16. The molecule has 1 aromatic carbocycles. The van der Waals surface area contributed by atoms with Crippen molar-refractivity contribution in [2.24, 2.45) is 11.8 Å². The average molecular weight is 335 g/mol. The maximum atomic E-state index is 12.4. The molecular formula is C18H25NO5. The quantitative estimate of drug-likeness (QED) is 0.800. The normalized spacial score (nSPS) is 20.2. The Hall–Kier alpha value is -2.24. The Labute approximate surface area is 142 Å². The van der Waals surface area contributed by atoms with Crippen LogP contribution in [0.4, 0.5) is 0 Å². The number of hydrogen-bond donors (Lipinski definition) is 2. The monoisotopic (exact) mass is 335 g/mol. The minimum atomic E-state index is -0.877. The Balaban J connectivity index is 1.99. The Morgan fingerprint density at radius 2 is 1.92 bits per heavy atom. The largest absolute Gasteiger partial charge is 0.493 e. The molecule has 0 radical (unpaired) electrons. The van der Waals surface area contributed by atoms with Crippen molar-refractivity contribution in [1.29, 1.82) is 0 Å². The van der Waals surface area contributed by atoms with Crippen LogP contribution in [0, 0.1) is 11.8 Å². The van der Waals surface area contributed by atoms with Gasteiger partial charge in [-0.1, -0.05) is 18.9 Å². The molecule has 2 unspecified atom stereocenters. The number of rotatable bonds is 7. The molecule has 2 rings (SSSR count). The Morgan fingerprint density at radius 3 is 2.54 bits per heavy atom. The van der Waals surface area contributed by atoms with Crippen LogP contribution < -0.4 is 14.8 Å². The van der Waals surface area contributed by atoms with Crippen molar-refractivity contribution in [3.05, 3.63) is 23.8 Å². The number of carboxylic acids is 1. The summed E-state index contributed by atoms with van der Waals surface area (Å²) < 4.78 is 10.8. The van der Waals surface area contributed by atoms with Gasteiger partial charge in [0.25, 0.3) is 0 Å². The summed E-state index contributed by atoms with van der Waals surface area (Å²) in [7, 11) is 1.57. The molecule has 0 bridgehead atoms. The summed E-state index contributed by atoms with van der Waals surface area (Å²) in [5.74, 6) is -0.806. The van der Waals surface area contributed by atoms with Crippen LogP contribution in [0.1, 0.15) is 38.2 Å². The first-order valence-corrected chi connectivity index (χ1v) is 8.37. The van der Waals surface area contributed by atoms with Crippen molar-refractivity contribution >= 4 is 11.9 Å². The lowest BCUT2D eigenvalue weighted by Gasteiger charge is -2.27. The highest BCUT2D eigenvalue weighted by Crippen LogP contribution is 2.31. The SMILES string of the molecule is CCOc1ccc(CNC(=O)C2CCCCC2C(=O)O)cc1OC. The summed E-state index contributed by atoms with van der Waals surface area (Å²) in [5.41, 5.74) is 0.881. The molecule has 1 fully saturated rings. The molecule has 0 aromatic heterocycles. The van der Waals surface area contributed by atoms with Gasteiger partial charge in [0.05, 0.1) is 25.6 Å². The summed E-state index contributed by atoms with van der Waals surface area (Å²) >= 11 is 0. The van der Waals surface area contributed by atoms with Gasteiger partial charge in [0.1, 0.15) is 0 Å². The van der Waals surface area contributed by atoms with E-state index < -0.39 is 17.8 Å². The highest BCUT2D eigenvalue weighted by atomic mass is 16.5. The number of carboxylic acid groups (broad SMARTS) is 1. The van der Waals surface area contributed by atoms with Gasteiger partial charge >= 0.3 is 5.97 Å². The number of hydrogen-bond acceptors (Lipinski definition) is 4. The van der Waals surface area contributed by atoms with E-state index in [1.807, 2.05) is 25.1 Å². The first kappa shape index (κ1) is 18.1. The van der Waals surface area contributed by atoms with Gasteiger partial charge < -0.3 is 19.9 Å². The highest BCUT2D eigenvalue weighted by molar-refractivity contribution is 5.84. The zero-order valence-electron chi connectivity index (χ0n) is 14.2. The summed E-state index contributed by atoms with van der Waals surface area (Å²) in [4.78, 5) is 23.7. The number of carbonyl (C=O) groups excluding carboxylic acids is 1. The van der Waals surface area contributed by atoms with Gasteiger partial charge in [-0.05, 0) is 37.5 Å². The Morgan fingerprint density at radius 1 is 1.21 bits per heavy atom. The van der Waals surface area contributed by atoms with Crippen LogP contribution in [0.2, 0.25) is 0 Å². The second-order valence-corrected chi connectivity index (χ2v) is 5.97. The lowest BCUT2D eigenvalue weighted by atomic mass is 9.78. The van der Waals surface area contributed by atoms with E-state index in [4.69, 9.17) is 9.47 Å². The van der Waals surface area contributed by atoms with Crippen LogP contribution in [-0.4, -0.2) is 30.7 Å². The molecule has 1 aliphatic carbocycles. The third kappa shape index (κ3) is 4.40. The molecule has 6 heteroatoms. The molecular weight excluding hydrogens is 310 g/mol. The van der Waals surface area contributed by atoms with Crippen LogP contribution in [0.15, 0.2) is 18.2 Å². The lowest BCUT2D eigenvalue weighted by Crippen LogP contribution is -2.39. The molecule has 1 amide bonds. The summed E-state index contributed by atoms with van der Waals surface area (Å²) in [6.07, 6.45) is 2.98. The van der Waals surface area contributed by atoms with Crippen molar-refractivity contribution < 1.29 is 24.2 Å². The van der Waals surface area contributed by atoms with Crippen LogP contribution in [0.3, 0.4) is 0 Å². The van der Waals surface area contributed by atoms with E-state index in [1.54, 1.807) is 7.11 Å². The number of methoxy groups -OCH3 is 1. The van der Waals surface area contributed by atoms with Gasteiger partial charge in [-0.25, -0.2) is 0 Å². The van der Waals surface area contributed by atoms with Gasteiger partial charge in [-0.15, -0.1) is 0 Å². The molecule has 0 heterocycles. The van der Waals surface area contributed by atoms with Crippen molar-refractivity contribution in [2.75, 3.05) is 13.7 Å². The van der Waals surface area contributed by atoms with Crippen molar-refractivity contribution in [3.63, 3.8) is 0 Å². The Bertz CT molecular complexity index is 587. The molecule has 24 heavy (non-hydrogen) atoms.